The highest BCUT2D eigenvalue weighted by atomic mass is 16.2. The highest BCUT2D eigenvalue weighted by molar-refractivity contribution is 6.25. The highest BCUT2D eigenvalue weighted by Gasteiger charge is 2.30. The lowest BCUT2D eigenvalue weighted by Crippen LogP contribution is -2.47. The van der Waals surface area contributed by atoms with Crippen LogP contribution in [0.5, 0.6) is 0 Å². The Hall–Kier alpha value is -3.67. The van der Waals surface area contributed by atoms with E-state index in [1.54, 1.807) is 16.7 Å². The maximum Gasteiger partial charge on any atom is 0.258 e. The normalized spacial score (nSPS) is 13.3. The minimum Gasteiger partial charge on any atom is -0.355 e. The molecule has 0 fully saturated rings. The summed E-state index contributed by atoms with van der Waals surface area (Å²) in [6, 6.07) is 19.1. The first-order chi connectivity index (χ1) is 16.4. The summed E-state index contributed by atoms with van der Waals surface area (Å²) >= 11 is 0. The smallest absolute Gasteiger partial charge is 0.258 e. The average molecular weight is 458 g/mol. The van der Waals surface area contributed by atoms with Gasteiger partial charge in [-0.05, 0) is 50.3 Å². The molecule has 0 spiro atoms. The van der Waals surface area contributed by atoms with Crippen LogP contribution in [-0.4, -0.2) is 41.8 Å². The number of rotatable bonds is 9. The van der Waals surface area contributed by atoms with E-state index in [2.05, 4.69) is 5.32 Å². The van der Waals surface area contributed by atoms with Crippen molar-refractivity contribution in [3.8, 4) is 0 Å². The number of likely N-dealkylation sites (N-methyl/N-ethyl adjacent to an activating group) is 1. The zero-order valence-corrected chi connectivity index (χ0v) is 20.0. The molecule has 34 heavy (non-hydrogen) atoms. The number of hydrogen-bond acceptors (Lipinski definition) is 3. The Labute approximate surface area is 200 Å². The van der Waals surface area contributed by atoms with E-state index in [0.29, 0.717) is 31.6 Å². The Bertz CT molecular complexity index is 1230. The summed E-state index contributed by atoms with van der Waals surface area (Å²) in [6.45, 7) is 6.97. The van der Waals surface area contributed by atoms with Crippen molar-refractivity contribution in [1.29, 1.82) is 0 Å². The van der Waals surface area contributed by atoms with Crippen molar-refractivity contribution in [1.82, 2.24) is 10.2 Å². The lowest BCUT2D eigenvalue weighted by atomic mass is 10.1. The van der Waals surface area contributed by atoms with Crippen molar-refractivity contribution in [3.63, 3.8) is 0 Å². The molecule has 6 heteroatoms. The third kappa shape index (κ3) is 4.67. The molecule has 3 aromatic carbocycles. The first-order valence-corrected chi connectivity index (χ1v) is 11.9. The zero-order chi connectivity index (χ0) is 24.2. The molecule has 6 nitrogen and oxygen atoms in total. The molecule has 0 aliphatic carbocycles. The first kappa shape index (κ1) is 23.5. The van der Waals surface area contributed by atoms with Crippen LogP contribution in [0.25, 0.3) is 10.8 Å². The molecule has 0 saturated heterocycles. The van der Waals surface area contributed by atoms with Gasteiger partial charge in [-0.25, -0.2) is 0 Å². The van der Waals surface area contributed by atoms with Gasteiger partial charge in [0.1, 0.15) is 6.04 Å². The van der Waals surface area contributed by atoms with E-state index >= 15 is 0 Å². The van der Waals surface area contributed by atoms with Gasteiger partial charge in [0.25, 0.3) is 5.91 Å². The van der Waals surface area contributed by atoms with Gasteiger partial charge in [-0.15, -0.1) is 0 Å². The van der Waals surface area contributed by atoms with Crippen molar-refractivity contribution in [2.75, 3.05) is 18.0 Å². The van der Waals surface area contributed by atoms with E-state index in [4.69, 9.17) is 0 Å². The predicted molar refractivity (Wildman–Crippen MR) is 135 cm³/mol. The quantitative estimate of drug-likeness (QED) is 0.516. The van der Waals surface area contributed by atoms with E-state index in [0.717, 1.165) is 27.6 Å². The third-order valence-electron chi connectivity index (χ3n) is 6.38. The molecule has 1 aliphatic heterocycles. The fraction of sp³-hybridized carbons (Fsp3) is 0.321. The van der Waals surface area contributed by atoms with Crippen molar-refractivity contribution >= 4 is 34.2 Å². The number of amides is 3. The van der Waals surface area contributed by atoms with Crippen LogP contribution in [0, 0.1) is 6.92 Å². The standard InChI is InChI=1S/C28H31N3O3/c1-4-29-27(33)20(3)31(18-21-10-5-9-19(2)17-21)25(32)15-8-16-30-24-14-7-12-22-11-6-13-23(26(22)24)28(30)34/h5-7,9-14,17,20H,4,8,15-16,18H2,1-3H3,(H,29,33). The van der Waals surface area contributed by atoms with Gasteiger partial charge in [0.15, 0.2) is 0 Å². The molecule has 1 heterocycles. The summed E-state index contributed by atoms with van der Waals surface area (Å²) in [4.78, 5) is 42.2. The van der Waals surface area contributed by atoms with Gasteiger partial charge < -0.3 is 15.1 Å². The number of nitrogens with zero attached hydrogens (tertiary/aromatic N) is 2. The second-order valence-electron chi connectivity index (χ2n) is 8.82. The van der Waals surface area contributed by atoms with Crippen LogP contribution in [0.1, 0.15) is 48.2 Å². The first-order valence-electron chi connectivity index (χ1n) is 11.9. The van der Waals surface area contributed by atoms with Gasteiger partial charge >= 0.3 is 0 Å². The summed E-state index contributed by atoms with van der Waals surface area (Å²) in [5.74, 6) is -0.283. The van der Waals surface area contributed by atoms with Crippen LogP contribution >= 0.6 is 0 Å². The van der Waals surface area contributed by atoms with Crippen LogP contribution < -0.4 is 10.2 Å². The molecule has 0 aromatic heterocycles. The van der Waals surface area contributed by atoms with Gasteiger partial charge in [0.2, 0.25) is 11.8 Å². The Kier molecular flexibility index (Phi) is 6.96. The molecule has 0 saturated carbocycles. The lowest BCUT2D eigenvalue weighted by Gasteiger charge is -2.29. The lowest BCUT2D eigenvalue weighted by molar-refractivity contribution is -0.140. The Morgan fingerprint density at radius 1 is 1.06 bits per heavy atom. The summed E-state index contributed by atoms with van der Waals surface area (Å²) in [6.07, 6.45) is 0.771. The molecule has 1 N–H and O–H groups in total. The largest absolute Gasteiger partial charge is 0.355 e. The number of anilines is 1. The highest BCUT2D eigenvalue weighted by Crippen LogP contribution is 2.37. The van der Waals surface area contributed by atoms with Crippen molar-refractivity contribution in [2.45, 2.75) is 46.2 Å². The van der Waals surface area contributed by atoms with Crippen molar-refractivity contribution in [2.24, 2.45) is 0 Å². The maximum atomic E-state index is 13.3. The second-order valence-corrected chi connectivity index (χ2v) is 8.82. The van der Waals surface area contributed by atoms with E-state index in [-0.39, 0.29) is 24.1 Å². The van der Waals surface area contributed by atoms with Crippen LogP contribution in [0.4, 0.5) is 5.69 Å². The van der Waals surface area contributed by atoms with Gasteiger partial charge in [0.05, 0.1) is 5.69 Å². The summed E-state index contributed by atoms with van der Waals surface area (Å²) in [7, 11) is 0. The van der Waals surface area contributed by atoms with Crippen LogP contribution in [-0.2, 0) is 16.1 Å². The fourth-order valence-electron chi connectivity index (χ4n) is 4.64. The topological polar surface area (TPSA) is 69.7 Å². The molecular formula is C28H31N3O3. The van der Waals surface area contributed by atoms with E-state index in [1.807, 2.05) is 74.5 Å². The predicted octanol–water partition coefficient (Wildman–Crippen LogP) is 4.44. The fourth-order valence-corrected chi connectivity index (χ4v) is 4.64. The van der Waals surface area contributed by atoms with E-state index in [1.165, 1.54) is 0 Å². The maximum absolute atomic E-state index is 13.3. The molecule has 4 rings (SSSR count). The van der Waals surface area contributed by atoms with Crippen molar-refractivity contribution in [3.05, 3.63) is 77.4 Å². The number of hydrogen-bond donors (Lipinski definition) is 1. The molecule has 1 aliphatic rings. The van der Waals surface area contributed by atoms with Crippen LogP contribution in [0.2, 0.25) is 0 Å². The minimum absolute atomic E-state index is 0.0217. The summed E-state index contributed by atoms with van der Waals surface area (Å²) < 4.78 is 0. The Morgan fingerprint density at radius 2 is 1.79 bits per heavy atom. The Balaban J connectivity index is 1.46. The van der Waals surface area contributed by atoms with Gasteiger partial charge in [-0.1, -0.05) is 54.1 Å². The molecular weight excluding hydrogens is 426 g/mol. The monoisotopic (exact) mass is 457 g/mol. The SMILES string of the molecule is CCNC(=O)C(C)N(Cc1cccc(C)c1)C(=O)CCCN1C(=O)c2cccc3cccc1c23. The minimum atomic E-state index is -0.584. The van der Waals surface area contributed by atoms with Gasteiger partial charge in [0, 0.05) is 37.0 Å². The zero-order valence-electron chi connectivity index (χ0n) is 20.0. The molecule has 1 unspecified atom stereocenters. The summed E-state index contributed by atoms with van der Waals surface area (Å²) in [5.41, 5.74) is 3.71. The number of carbonyl (C=O) groups excluding carboxylic acids is 3. The number of nitrogens with one attached hydrogen (secondary N) is 1. The molecule has 3 aromatic rings. The van der Waals surface area contributed by atoms with Crippen LogP contribution in [0.3, 0.4) is 0 Å². The van der Waals surface area contributed by atoms with Crippen LogP contribution in [0.15, 0.2) is 60.7 Å². The molecule has 0 bridgehead atoms. The molecule has 1 atom stereocenters. The Morgan fingerprint density at radius 3 is 2.53 bits per heavy atom. The number of carbonyl (C=O) groups is 3. The number of aryl methyl sites for hydroxylation is 1. The summed E-state index contributed by atoms with van der Waals surface area (Å²) in [5, 5.41) is 4.84. The molecule has 0 radical (unpaired) electrons. The van der Waals surface area contributed by atoms with Gasteiger partial charge in [-0.2, -0.15) is 0 Å². The second kappa shape index (κ2) is 10.1. The molecule has 3 amide bonds. The van der Waals surface area contributed by atoms with E-state index < -0.39 is 6.04 Å². The average Bonchev–Trinajstić information content (AvgIpc) is 3.10. The number of benzene rings is 3. The molecule has 176 valence electrons. The van der Waals surface area contributed by atoms with E-state index in [9.17, 15) is 14.4 Å². The van der Waals surface area contributed by atoms with Gasteiger partial charge in [-0.3, -0.25) is 14.4 Å². The van der Waals surface area contributed by atoms with Crippen molar-refractivity contribution < 1.29 is 14.4 Å². The third-order valence-corrected chi connectivity index (χ3v) is 6.38.